The summed E-state index contributed by atoms with van der Waals surface area (Å²) in [6.07, 6.45) is 7.03. The summed E-state index contributed by atoms with van der Waals surface area (Å²) in [7, 11) is 1.67. The van der Waals surface area contributed by atoms with Gasteiger partial charge in [-0.1, -0.05) is 12.5 Å². The van der Waals surface area contributed by atoms with E-state index in [1.165, 1.54) is 44.2 Å². The normalized spacial score (nSPS) is 27.2. The van der Waals surface area contributed by atoms with Gasteiger partial charge in [0.15, 0.2) is 0 Å². The highest BCUT2D eigenvalue weighted by Crippen LogP contribution is 2.37. The molecule has 1 heterocycles. The third kappa shape index (κ3) is 2.57. The molecule has 0 radical (unpaired) electrons. The Bertz CT molecular complexity index is 446. The van der Waals surface area contributed by atoms with Crippen molar-refractivity contribution in [3.8, 4) is 5.75 Å². The van der Waals surface area contributed by atoms with Gasteiger partial charge in [0.1, 0.15) is 5.75 Å². The van der Waals surface area contributed by atoms with E-state index in [-0.39, 0.29) is 0 Å². The van der Waals surface area contributed by atoms with Crippen LogP contribution in [0, 0.1) is 5.92 Å². The van der Waals surface area contributed by atoms with Gasteiger partial charge in [-0.15, -0.1) is 0 Å². The van der Waals surface area contributed by atoms with Gasteiger partial charge in [-0.2, -0.15) is 0 Å². The Morgan fingerprint density at radius 1 is 1.26 bits per heavy atom. The molecule has 1 aliphatic carbocycles. The number of piperidine rings is 1. The van der Waals surface area contributed by atoms with Crippen LogP contribution < -0.4 is 10.5 Å². The topological polar surface area (TPSA) is 38.5 Å². The van der Waals surface area contributed by atoms with Crippen molar-refractivity contribution in [2.45, 2.75) is 44.7 Å². The molecule has 3 nitrogen and oxygen atoms in total. The minimum Gasteiger partial charge on any atom is -0.495 e. The second-order valence-electron chi connectivity index (χ2n) is 5.95. The molecule has 19 heavy (non-hydrogen) atoms. The highest BCUT2D eigenvalue weighted by atomic mass is 16.5. The van der Waals surface area contributed by atoms with Crippen molar-refractivity contribution >= 4 is 5.69 Å². The van der Waals surface area contributed by atoms with E-state index in [2.05, 4.69) is 17.0 Å². The van der Waals surface area contributed by atoms with Crippen LogP contribution >= 0.6 is 0 Å². The number of benzene rings is 1. The monoisotopic (exact) mass is 260 g/mol. The Morgan fingerprint density at radius 3 is 2.89 bits per heavy atom. The zero-order valence-corrected chi connectivity index (χ0v) is 11.8. The summed E-state index contributed by atoms with van der Waals surface area (Å²) < 4.78 is 5.22. The summed E-state index contributed by atoms with van der Waals surface area (Å²) >= 11 is 0. The van der Waals surface area contributed by atoms with Crippen LogP contribution in [-0.4, -0.2) is 24.6 Å². The largest absolute Gasteiger partial charge is 0.495 e. The number of rotatable bonds is 3. The summed E-state index contributed by atoms with van der Waals surface area (Å²) in [4.78, 5) is 2.67. The number of nitrogens with zero attached hydrogens (tertiary/aromatic N) is 1. The summed E-state index contributed by atoms with van der Waals surface area (Å²) in [5, 5.41) is 0. The molecule has 2 aliphatic rings. The highest BCUT2D eigenvalue weighted by molar-refractivity contribution is 5.54. The lowest BCUT2D eigenvalue weighted by Gasteiger charge is -2.37. The molecule has 1 saturated carbocycles. The van der Waals surface area contributed by atoms with Crippen molar-refractivity contribution in [2.24, 2.45) is 5.92 Å². The lowest BCUT2D eigenvalue weighted by molar-refractivity contribution is 0.106. The summed E-state index contributed by atoms with van der Waals surface area (Å²) in [5.74, 6) is 1.73. The molecule has 3 rings (SSSR count). The van der Waals surface area contributed by atoms with Gasteiger partial charge in [-0.25, -0.2) is 0 Å². The zero-order chi connectivity index (χ0) is 13.2. The third-order valence-corrected chi connectivity index (χ3v) is 4.79. The van der Waals surface area contributed by atoms with E-state index in [0.717, 1.165) is 29.9 Å². The van der Waals surface area contributed by atoms with Crippen LogP contribution in [0.15, 0.2) is 18.2 Å². The maximum absolute atomic E-state index is 6.00. The summed E-state index contributed by atoms with van der Waals surface area (Å²) in [6, 6.07) is 7.02. The van der Waals surface area contributed by atoms with Gasteiger partial charge in [0, 0.05) is 12.6 Å². The van der Waals surface area contributed by atoms with Crippen LogP contribution in [0.2, 0.25) is 0 Å². The molecule has 2 N–H and O–H groups in total. The van der Waals surface area contributed by atoms with E-state index < -0.39 is 0 Å². The molecule has 0 amide bonds. The fraction of sp³-hybridized carbons (Fsp3) is 0.625. The Balaban J connectivity index is 1.72. The standard InChI is InChI=1S/C16H24N2O/c1-19-16-8-7-12(10-14(16)17)11-18-9-3-5-13-4-2-6-15(13)18/h7-8,10,13,15H,2-6,9,11,17H2,1H3. The second-order valence-corrected chi connectivity index (χ2v) is 5.95. The molecular weight excluding hydrogens is 236 g/mol. The van der Waals surface area contributed by atoms with E-state index in [4.69, 9.17) is 10.5 Å². The molecule has 2 unspecified atom stereocenters. The molecule has 104 valence electrons. The maximum atomic E-state index is 6.00. The van der Waals surface area contributed by atoms with Gasteiger partial charge in [0.25, 0.3) is 0 Å². The van der Waals surface area contributed by atoms with Crippen molar-refractivity contribution < 1.29 is 4.74 Å². The smallest absolute Gasteiger partial charge is 0.141 e. The van der Waals surface area contributed by atoms with E-state index >= 15 is 0 Å². The first-order valence-electron chi connectivity index (χ1n) is 7.44. The number of fused-ring (bicyclic) bond motifs is 1. The van der Waals surface area contributed by atoms with Crippen LogP contribution in [-0.2, 0) is 6.54 Å². The minimum absolute atomic E-state index is 0.750. The number of methoxy groups -OCH3 is 1. The summed E-state index contributed by atoms with van der Waals surface area (Å²) in [5.41, 5.74) is 8.06. The fourth-order valence-electron chi connectivity index (χ4n) is 3.87. The quantitative estimate of drug-likeness (QED) is 0.849. The van der Waals surface area contributed by atoms with Crippen LogP contribution in [0.25, 0.3) is 0 Å². The minimum atomic E-state index is 0.750. The first-order valence-corrected chi connectivity index (χ1v) is 7.44. The Kier molecular flexibility index (Phi) is 3.65. The van der Waals surface area contributed by atoms with E-state index in [1.54, 1.807) is 7.11 Å². The van der Waals surface area contributed by atoms with Gasteiger partial charge in [-0.05, 0) is 55.8 Å². The van der Waals surface area contributed by atoms with Crippen molar-refractivity contribution in [1.29, 1.82) is 0 Å². The summed E-state index contributed by atoms with van der Waals surface area (Å²) in [6.45, 7) is 2.28. The average Bonchev–Trinajstić information content (AvgIpc) is 2.88. The SMILES string of the molecule is COc1ccc(CN2CCCC3CCCC32)cc1N. The molecule has 0 bridgehead atoms. The number of nitrogens with two attached hydrogens (primary N) is 1. The van der Waals surface area contributed by atoms with Gasteiger partial charge in [0.05, 0.1) is 12.8 Å². The first kappa shape index (κ1) is 12.8. The fourth-order valence-corrected chi connectivity index (χ4v) is 3.87. The van der Waals surface area contributed by atoms with Gasteiger partial charge < -0.3 is 10.5 Å². The second kappa shape index (κ2) is 5.41. The molecule has 1 aromatic rings. The first-order chi connectivity index (χ1) is 9.28. The lowest BCUT2D eigenvalue weighted by atomic mass is 9.91. The van der Waals surface area contributed by atoms with Crippen LogP contribution in [0.3, 0.4) is 0 Å². The number of nitrogen functional groups attached to an aromatic ring is 1. The third-order valence-electron chi connectivity index (χ3n) is 4.79. The molecular formula is C16H24N2O. The van der Waals surface area contributed by atoms with Crippen molar-refractivity contribution in [3.63, 3.8) is 0 Å². The van der Waals surface area contributed by atoms with Crippen molar-refractivity contribution in [3.05, 3.63) is 23.8 Å². The van der Waals surface area contributed by atoms with Crippen molar-refractivity contribution in [1.82, 2.24) is 4.90 Å². The van der Waals surface area contributed by atoms with E-state index in [0.29, 0.717) is 0 Å². The number of ether oxygens (including phenoxy) is 1. The maximum Gasteiger partial charge on any atom is 0.141 e. The van der Waals surface area contributed by atoms with Crippen molar-refractivity contribution in [2.75, 3.05) is 19.4 Å². The molecule has 2 fully saturated rings. The zero-order valence-electron chi connectivity index (χ0n) is 11.8. The van der Waals surface area contributed by atoms with Crippen LogP contribution in [0.1, 0.15) is 37.7 Å². The Labute approximate surface area is 115 Å². The number of hydrogen-bond donors (Lipinski definition) is 1. The van der Waals surface area contributed by atoms with Gasteiger partial charge in [0.2, 0.25) is 0 Å². The molecule has 0 aromatic heterocycles. The van der Waals surface area contributed by atoms with E-state index in [1.807, 2.05) is 6.07 Å². The molecule has 3 heteroatoms. The Hall–Kier alpha value is -1.22. The predicted octanol–water partition coefficient (Wildman–Crippen LogP) is 3.04. The Morgan fingerprint density at radius 2 is 2.11 bits per heavy atom. The lowest BCUT2D eigenvalue weighted by Crippen LogP contribution is -2.41. The number of anilines is 1. The molecule has 1 saturated heterocycles. The molecule has 0 spiro atoms. The van der Waals surface area contributed by atoms with E-state index in [9.17, 15) is 0 Å². The molecule has 1 aliphatic heterocycles. The average molecular weight is 260 g/mol. The van der Waals surface area contributed by atoms with Crippen LogP contribution in [0.4, 0.5) is 5.69 Å². The van der Waals surface area contributed by atoms with Gasteiger partial charge >= 0.3 is 0 Å². The molecule has 1 aromatic carbocycles. The highest BCUT2D eigenvalue weighted by Gasteiger charge is 2.34. The predicted molar refractivity (Wildman–Crippen MR) is 78.2 cm³/mol. The van der Waals surface area contributed by atoms with Gasteiger partial charge in [-0.3, -0.25) is 4.90 Å². The van der Waals surface area contributed by atoms with Crippen LogP contribution in [0.5, 0.6) is 5.75 Å². The molecule has 2 atom stereocenters. The number of hydrogen-bond acceptors (Lipinski definition) is 3. The number of likely N-dealkylation sites (tertiary alicyclic amines) is 1.